The fourth-order valence-corrected chi connectivity index (χ4v) is 7.48. The van der Waals surface area contributed by atoms with Gasteiger partial charge in [-0.2, -0.15) is 0 Å². The normalized spacial score (nSPS) is 12.4. The Kier molecular flexibility index (Phi) is 48.8. The van der Waals surface area contributed by atoms with Crippen molar-refractivity contribution in [1.29, 1.82) is 0 Å². The summed E-state index contributed by atoms with van der Waals surface area (Å²) >= 11 is 0. The first-order valence-corrected chi connectivity index (χ1v) is 26.6. The molecule has 0 saturated carbocycles. The van der Waals surface area contributed by atoms with E-state index in [4.69, 9.17) is 14.2 Å². The zero-order valence-corrected chi connectivity index (χ0v) is 41.1. The molecule has 0 bridgehead atoms. The minimum Gasteiger partial charge on any atom is -0.462 e. The van der Waals surface area contributed by atoms with Crippen LogP contribution in [-0.2, 0) is 28.6 Å². The third-order valence-electron chi connectivity index (χ3n) is 11.5. The van der Waals surface area contributed by atoms with Gasteiger partial charge in [0.2, 0.25) is 0 Å². The highest BCUT2D eigenvalue weighted by atomic mass is 16.6. The number of carbonyl (C=O) groups excluding carboxylic acids is 3. The molecular formula is C56H100O6. The van der Waals surface area contributed by atoms with Crippen molar-refractivity contribution in [3.63, 3.8) is 0 Å². The Labute approximate surface area is 384 Å². The summed E-state index contributed by atoms with van der Waals surface area (Å²) in [6, 6.07) is 0. The lowest BCUT2D eigenvalue weighted by Crippen LogP contribution is -2.30. The van der Waals surface area contributed by atoms with Crippen LogP contribution in [0.5, 0.6) is 0 Å². The van der Waals surface area contributed by atoms with Crippen molar-refractivity contribution >= 4 is 17.9 Å². The average molecular weight is 869 g/mol. The predicted molar refractivity (Wildman–Crippen MR) is 265 cm³/mol. The van der Waals surface area contributed by atoms with E-state index in [0.29, 0.717) is 19.3 Å². The van der Waals surface area contributed by atoms with Crippen LogP contribution in [0.1, 0.15) is 271 Å². The van der Waals surface area contributed by atoms with Gasteiger partial charge in [0.15, 0.2) is 6.10 Å². The second kappa shape index (κ2) is 51.0. The van der Waals surface area contributed by atoms with Gasteiger partial charge in [-0.3, -0.25) is 14.4 Å². The zero-order valence-electron chi connectivity index (χ0n) is 41.1. The van der Waals surface area contributed by atoms with Crippen molar-refractivity contribution < 1.29 is 28.6 Å². The van der Waals surface area contributed by atoms with Crippen molar-refractivity contribution in [3.05, 3.63) is 48.6 Å². The van der Waals surface area contributed by atoms with Crippen LogP contribution in [0, 0.1) is 0 Å². The second-order valence-electron chi connectivity index (χ2n) is 17.8. The first-order valence-electron chi connectivity index (χ1n) is 26.6. The zero-order chi connectivity index (χ0) is 45.1. The van der Waals surface area contributed by atoms with E-state index in [1.807, 2.05) is 6.08 Å². The Bertz CT molecular complexity index is 1090. The SMILES string of the molecule is CCCCCCCC/C=C\C/C=C\CCC(=O)OCC(COC(=O)CCCCCCCCC/C=C\CCCCCCCC)OC(=O)CCCCC/C=C\CCCCCCCCC. The van der Waals surface area contributed by atoms with Crippen molar-refractivity contribution in [2.24, 2.45) is 0 Å². The fraction of sp³-hybridized carbons (Fsp3) is 0.804. The second-order valence-corrected chi connectivity index (χ2v) is 17.8. The third-order valence-corrected chi connectivity index (χ3v) is 11.5. The van der Waals surface area contributed by atoms with Crippen LogP contribution in [0.2, 0.25) is 0 Å². The summed E-state index contributed by atoms with van der Waals surface area (Å²) in [6.45, 7) is 6.57. The number of carbonyl (C=O) groups is 3. The molecule has 0 radical (unpaired) electrons. The molecular weight excluding hydrogens is 769 g/mol. The number of hydrogen-bond donors (Lipinski definition) is 0. The Balaban J connectivity index is 4.43. The van der Waals surface area contributed by atoms with E-state index < -0.39 is 6.10 Å². The van der Waals surface area contributed by atoms with Crippen LogP contribution in [-0.4, -0.2) is 37.2 Å². The van der Waals surface area contributed by atoms with Crippen LogP contribution >= 0.6 is 0 Å². The molecule has 0 spiro atoms. The topological polar surface area (TPSA) is 78.9 Å². The summed E-state index contributed by atoms with van der Waals surface area (Å²) in [5.41, 5.74) is 0. The number of hydrogen-bond acceptors (Lipinski definition) is 6. The minimum atomic E-state index is -0.803. The lowest BCUT2D eigenvalue weighted by atomic mass is 10.1. The monoisotopic (exact) mass is 869 g/mol. The van der Waals surface area contributed by atoms with Crippen molar-refractivity contribution in [2.45, 2.75) is 277 Å². The Morgan fingerprint density at radius 3 is 1.02 bits per heavy atom. The number of ether oxygens (including phenoxy) is 3. The highest BCUT2D eigenvalue weighted by Crippen LogP contribution is 2.14. The fourth-order valence-electron chi connectivity index (χ4n) is 7.48. The summed E-state index contributed by atoms with van der Waals surface area (Å²) in [7, 11) is 0. The smallest absolute Gasteiger partial charge is 0.306 e. The summed E-state index contributed by atoms with van der Waals surface area (Å²) in [6.07, 6.45) is 61.1. The molecule has 0 fully saturated rings. The highest BCUT2D eigenvalue weighted by molar-refractivity contribution is 5.71. The van der Waals surface area contributed by atoms with Gasteiger partial charge >= 0.3 is 17.9 Å². The maximum Gasteiger partial charge on any atom is 0.306 e. The molecule has 0 aliphatic rings. The predicted octanol–water partition coefficient (Wildman–Crippen LogP) is 17.5. The summed E-state index contributed by atoms with van der Waals surface area (Å²) in [5, 5.41) is 0. The van der Waals surface area contributed by atoms with Crippen LogP contribution in [0.4, 0.5) is 0 Å². The van der Waals surface area contributed by atoms with Gasteiger partial charge < -0.3 is 14.2 Å². The van der Waals surface area contributed by atoms with Gasteiger partial charge in [-0.1, -0.05) is 211 Å². The molecule has 6 heteroatoms. The Morgan fingerprint density at radius 1 is 0.323 bits per heavy atom. The summed E-state index contributed by atoms with van der Waals surface area (Å²) in [5.74, 6) is -0.981. The van der Waals surface area contributed by atoms with E-state index in [1.165, 1.54) is 161 Å². The largest absolute Gasteiger partial charge is 0.462 e. The molecule has 0 amide bonds. The van der Waals surface area contributed by atoms with Crippen LogP contribution in [0.25, 0.3) is 0 Å². The van der Waals surface area contributed by atoms with E-state index in [9.17, 15) is 14.4 Å². The maximum absolute atomic E-state index is 12.8. The number of unbranched alkanes of at least 4 members (excludes halogenated alkanes) is 29. The lowest BCUT2D eigenvalue weighted by molar-refractivity contribution is -0.166. The van der Waals surface area contributed by atoms with Gasteiger partial charge in [-0.05, 0) is 89.9 Å². The van der Waals surface area contributed by atoms with Crippen molar-refractivity contribution in [3.8, 4) is 0 Å². The van der Waals surface area contributed by atoms with Crippen molar-refractivity contribution in [1.82, 2.24) is 0 Å². The summed E-state index contributed by atoms with van der Waals surface area (Å²) in [4.78, 5) is 37.9. The average Bonchev–Trinajstić information content (AvgIpc) is 3.27. The standard InChI is InChI=1S/C56H100O6/c1-4-7-10-13-16-19-22-25-27-28-29-32-34-37-40-43-46-49-55(58)61-52-53(51-60-54(57)48-45-42-39-36-33-30-24-21-18-15-12-9-6-3)62-56(59)50-47-44-41-38-35-31-26-23-20-17-14-11-8-5-2/h25,27,30-31,33,35,39,42,53H,4-24,26,28-29,32,34,36-38,40-41,43-52H2,1-3H3/b27-25-,33-30-,35-31-,42-39-. The molecule has 0 heterocycles. The van der Waals surface area contributed by atoms with Crippen molar-refractivity contribution in [2.75, 3.05) is 13.2 Å². The van der Waals surface area contributed by atoms with E-state index in [2.05, 4.69) is 63.3 Å². The van der Waals surface area contributed by atoms with Crippen LogP contribution < -0.4 is 0 Å². The van der Waals surface area contributed by atoms with Gasteiger partial charge in [0, 0.05) is 19.3 Å². The number of esters is 3. The van der Waals surface area contributed by atoms with Gasteiger partial charge in [0.05, 0.1) is 0 Å². The van der Waals surface area contributed by atoms with E-state index in [-0.39, 0.29) is 37.5 Å². The maximum atomic E-state index is 12.8. The first kappa shape index (κ1) is 59.4. The van der Waals surface area contributed by atoms with Crippen LogP contribution in [0.15, 0.2) is 48.6 Å². The molecule has 0 aliphatic heterocycles. The Hall–Kier alpha value is -2.63. The molecule has 1 unspecified atom stereocenters. The number of rotatable bonds is 48. The molecule has 6 nitrogen and oxygen atoms in total. The lowest BCUT2D eigenvalue weighted by Gasteiger charge is -2.18. The molecule has 62 heavy (non-hydrogen) atoms. The molecule has 0 rings (SSSR count). The summed E-state index contributed by atoms with van der Waals surface area (Å²) < 4.78 is 16.7. The molecule has 0 aromatic carbocycles. The first-order chi connectivity index (χ1) is 30.5. The molecule has 0 aliphatic carbocycles. The quantitative estimate of drug-likeness (QED) is 0.0262. The highest BCUT2D eigenvalue weighted by Gasteiger charge is 2.19. The molecule has 0 aromatic heterocycles. The van der Waals surface area contributed by atoms with E-state index in [1.54, 1.807) is 0 Å². The minimum absolute atomic E-state index is 0.0974. The number of allylic oxidation sites excluding steroid dienone is 8. The molecule has 0 aromatic rings. The van der Waals surface area contributed by atoms with Gasteiger partial charge in [-0.25, -0.2) is 0 Å². The van der Waals surface area contributed by atoms with E-state index in [0.717, 1.165) is 64.2 Å². The third kappa shape index (κ3) is 48.4. The van der Waals surface area contributed by atoms with Crippen LogP contribution in [0.3, 0.4) is 0 Å². The molecule has 0 N–H and O–H groups in total. The van der Waals surface area contributed by atoms with E-state index >= 15 is 0 Å². The van der Waals surface area contributed by atoms with Gasteiger partial charge in [-0.15, -0.1) is 0 Å². The molecule has 1 atom stereocenters. The molecule has 0 saturated heterocycles. The van der Waals surface area contributed by atoms with Gasteiger partial charge in [0.1, 0.15) is 13.2 Å². The van der Waals surface area contributed by atoms with Gasteiger partial charge in [0.25, 0.3) is 0 Å². The Morgan fingerprint density at radius 2 is 0.613 bits per heavy atom. The molecule has 360 valence electrons.